The van der Waals surface area contributed by atoms with E-state index in [1.165, 1.54) is 7.06 Å². The third-order valence-corrected chi connectivity index (χ3v) is 1.06. The molecular weight excluding hydrogens is 192 g/mol. The van der Waals surface area contributed by atoms with E-state index in [-0.39, 0.29) is 0 Å². The van der Waals surface area contributed by atoms with Crippen LogP contribution in [-0.4, -0.2) is 67.5 Å². The zero-order valence-corrected chi connectivity index (χ0v) is 8.28. The molecule has 0 rings (SSSR count). The van der Waals surface area contributed by atoms with Crippen molar-refractivity contribution in [2.24, 2.45) is 5.11 Å². The van der Waals surface area contributed by atoms with Gasteiger partial charge in [-0.1, -0.05) is 5.11 Å². The highest BCUT2D eigenvalue weighted by molar-refractivity contribution is 7.60. The second-order valence-electron chi connectivity index (χ2n) is 2.20. The summed E-state index contributed by atoms with van der Waals surface area (Å²) in [7, 11) is 16.9. The molecule has 0 spiro atoms. The van der Waals surface area contributed by atoms with Crippen LogP contribution in [0.3, 0.4) is 0 Å². The molecule has 71 valence electrons. The summed E-state index contributed by atoms with van der Waals surface area (Å²) in [6.45, 7) is -0.531. The van der Waals surface area contributed by atoms with Gasteiger partial charge in [-0.05, 0) is 5.53 Å². The van der Waals surface area contributed by atoms with Gasteiger partial charge in [0, 0.05) is 41.6 Å². The van der Waals surface area contributed by atoms with Gasteiger partial charge in [0.2, 0.25) is 0 Å². The number of hydrogen-bond donors (Lipinski definition) is 1. The Hall–Kier alpha value is -0.935. The number of carbonyl (C=O) groups excluding carboxylic acids is 1. The average molecular weight is 199 g/mol. The first kappa shape index (κ1) is 16.5. The minimum Gasteiger partial charge on any atom is -0.469 e. The van der Waals surface area contributed by atoms with Crippen molar-refractivity contribution in [1.29, 1.82) is 0 Å². The van der Waals surface area contributed by atoms with Crippen LogP contribution in [0.4, 0.5) is 0 Å². The molecule has 11 heteroatoms. The smallest absolute Gasteiger partial charge is 0.316 e. The number of carbonyl (C=O) groups is 1. The monoisotopic (exact) mass is 200 g/mol. The topological polar surface area (TPSA) is 95.3 Å². The van der Waals surface area contributed by atoms with Crippen LogP contribution < -0.4 is 0 Å². The Labute approximate surface area is 93.2 Å². The van der Waals surface area contributed by atoms with Gasteiger partial charge in [-0.2, -0.15) is 0 Å². The molecule has 6 nitrogen and oxygen atoms in total. The molecule has 0 aromatic carbocycles. The lowest BCUT2D eigenvalue weighted by molar-refractivity contribution is -0.143. The van der Waals surface area contributed by atoms with Gasteiger partial charge in [0.25, 0.3) is 0 Å². The summed E-state index contributed by atoms with van der Waals surface area (Å²) in [5.74, 6) is -0.736. The van der Waals surface area contributed by atoms with Crippen LogP contribution in [-0.2, 0) is 9.53 Å². The first-order valence-corrected chi connectivity index (χ1v) is 3.82. The fraction of sp³-hybridized carbons (Fsp3) is 0.750. The van der Waals surface area contributed by atoms with Gasteiger partial charge in [-0.3, -0.25) is 4.79 Å². The summed E-state index contributed by atoms with van der Waals surface area (Å²) >= 11 is 0. The van der Waals surface area contributed by atoms with Crippen molar-refractivity contribution in [2.45, 2.75) is 6.04 Å². The minimum absolute atomic E-state index is 0.463. The molecule has 0 aliphatic rings. The molecule has 0 saturated carbocycles. The van der Waals surface area contributed by atoms with Crippen LogP contribution in [0.1, 0.15) is 0 Å². The fourth-order valence-electron chi connectivity index (χ4n) is 0.357. The van der Waals surface area contributed by atoms with Crippen molar-refractivity contribution < 1.29 is 14.6 Å². The molecule has 0 aromatic heterocycles. The van der Waals surface area contributed by atoms with E-state index in [1.807, 2.05) is 0 Å². The highest BCUT2D eigenvalue weighted by Crippen LogP contribution is 1.92. The first-order chi connectivity index (χ1) is 7.03. The second kappa shape index (κ2) is 11.1. The highest BCUT2D eigenvalue weighted by atomic mass is 16.5. The van der Waals surface area contributed by atoms with E-state index in [4.69, 9.17) is 33.8 Å². The quantitative estimate of drug-likeness (QED) is 0.185. The van der Waals surface area contributed by atoms with Crippen LogP contribution in [0, 0.1) is 0 Å². The lowest BCUT2D eigenvalue weighted by atomic mass is 8.97. The van der Waals surface area contributed by atoms with Crippen molar-refractivity contribution in [3.63, 3.8) is 0 Å². The van der Waals surface area contributed by atoms with Crippen LogP contribution in [0.2, 0.25) is 0 Å². The van der Waals surface area contributed by atoms with E-state index >= 15 is 0 Å². The summed E-state index contributed by atoms with van der Waals surface area (Å²) in [5, 5.41) is 11.4. The Balaban J connectivity index is 0. The second-order valence-corrected chi connectivity index (χ2v) is 2.20. The molecule has 0 amide bonds. The number of ether oxygens (including phenoxy) is 1. The van der Waals surface area contributed by atoms with E-state index in [1.54, 1.807) is 0 Å². The van der Waals surface area contributed by atoms with Crippen LogP contribution >= 0.6 is 0 Å². The standard InChI is InChI=1S/C4H7N3O3.B5/c1-10-4(9)3(2-8)6-7-5;1-4-5(2)3/h3,8H,2H2,1H3;/t3-;/m0./s1. The van der Waals surface area contributed by atoms with Gasteiger partial charge < -0.3 is 9.84 Å². The summed E-state index contributed by atoms with van der Waals surface area (Å²) in [6.07, 6.45) is -0.463. The largest absolute Gasteiger partial charge is 0.469 e. The average Bonchev–Trinajstić information content (AvgIpc) is 2.25. The zero-order valence-electron chi connectivity index (χ0n) is 8.28. The summed E-state index contributed by atoms with van der Waals surface area (Å²) < 4.78 is 4.19. The Morgan fingerprint density at radius 1 is 1.80 bits per heavy atom. The number of methoxy groups -OCH3 is 1. The number of esters is 1. The van der Waals surface area contributed by atoms with E-state index < -0.39 is 25.0 Å². The Kier molecular flexibility index (Phi) is 12.3. The number of aliphatic hydroxyl groups is 1. The molecule has 0 saturated heterocycles. The van der Waals surface area contributed by atoms with E-state index in [0.29, 0.717) is 0 Å². The Morgan fingerprint density at radius 2 is 2.27 bits per heavy atom. The molecular formula is C4H7B5N3O3. The molecule has 0 aliphatic carbocycles. The first-order valence-electron chi connectivity index (χ1n) is 3.82. The molecule has 0 unspecified atom stereocenters. The van der Waals surface area contributed by atoms with E-state index in [9.17, 15) is 4.79 Å². The fourth-order valence-corrected chi connectivity index (χ4v) is 0.357. The zero-order chi connectivity index (χ0) is 12.3. The van der Waals surface area contributed by atoms with Crippen molar-refractivity contribution in [3.8, 4) is 0 Å². The van der Waals surface area contributed by atoms with E-state index in [0.717, 1.165) is 7.11 Å². The summed E-state index contributed by atoms with van der Waals surface area (Å²) in [6, 6.07) is -1.12. The molecule has 0 aliphatic heterocycles. The number of hydrogen-bond acceptors (Lipinski definition) is 4. The van der Waals surface area contributed by atoms with Crippen LogP contribution in [0.25, 0.3) is 10.4 Å². The van der Waals surface area contributed by atoms with Crippen molar-refractivity contribution in [1.82, 2.24) is 0 Å². The maximum atomic E-state index is 10.5. The number of azide groups is 1. The van der Waals surface area contributed by atoms with Gasteiger partial charge in [-0.25, -0.2) is 0 Å². The number of nitrogens with zero attached hydrogens (tertiary/aromatic N) is 3. The predicted octanol–water partition coefficient (Wildman–Crippen LogP) is -2.07. The van der Waals surface area contributed by atoms with Crippen molar-refractivity contribution in [3.05, 3.63) is 10.4 Å². The highest BCUT2D eigenvalue weighted by Gasteiger charge is 2.14. The predicted molar refractivity (Wildman–Crippen MR) is 60.8 cm³/mol. The van der Waals surface area contributed by atoms with Gasteiger partial charge >= 0.3 is 5.97 Å². The maximum absolute atomic E-state index is 10.5. The molecule has 1 atom stereocenters. The SMILES string of the molecule is COC(=O)[C@H](CO)N=[N+]=[N-].[B][B]B([B])[B]. The van der Waals surface area contributed by atoms with Gasteiger partial charge in [0.15, 0.2) is 6.04 Å². The van der Waals surface area contributed by atoms with Crippen molar-refractivity contribution in [2.75, 3.05) is 13.7 Å². The third kappa shape index (κ3) is 11.0. The molecule has 0 heterocycles. The molecule has 0 bridgehead atoms. The normalized spacial score (nSPS) is 9.73. The van der Waals surface area contributed by atoms with Crippen LogP contribution in [0.15, 0.2) is 5.11 Å². The number of aliphatic hydroxyl groups excluding tert-OH is 1. The molecule has 15 heavy (non-hydrogen) atoms. The van der Waals surface area contributed by atoms with Gasteiger partial charge in [0.05, 0.1) is 13.7 Å². The maximum Gasteiger partial charge on any atom is 0.316 e. The lowest BCUT2D eigenvalue weighted by Gasteiger charge is -2.02. The number of rotatable bonds is 4. The lowest BCUT2D eigenvalue weighted by Crippen LogP contribution is -2.23. The molecule has 1 N–H and O–H groups in total. The van der Waals surface area contributed by atoms with Crippen LogP contribution in [0.5, 0.6) is 0 Å². The Bertz CT molecular complexity index is 222. The summed E-state index contributed by atoms with van der Waals surface area (Å²) in [5.41, 5.74) is 7.85. The van der Waals surface area contributed by atoms with Gasteiger partial charge in [-0.15, -0.1) is 0 Å². The summed E-state index contributed by atoms with van der Waals surface area (Å²) in [4.78, 5) is 12.8. The molecule has 0 fully saturated rings. The van der Waals surface area contributed by atoms with Gasteiger partial charge in [0.1, 0.15) is 0 Å². The van der Waals surface area contributed by atoms with Crippen molar-refractivity contribution >= 4 is 42.6 Å². The molecule has 7 radical (unpaired) electrons. The third-order valence-electron chi connectivity index (χ3n) is 1.06. The Morgan fingerprint density at radius 3 is 2.47 bits per heavy atom. The minimum atomic E-state index is -1.12. The van der Waals surface area contributed by atoms with E-state index in [2.05, 4.69) is 14.8 Å². The molecule has 0 aromatic rings.